The third kappa shape index (κ3) is 3.43. The van der Waals surface area contributed by atoms with Crippen molar-refractivity contribution in [2.75, 3.05) is 6.54 Å². The summed E-state index contributed by atoms with van der Waals surface area (Å²) in [6.45, 7) is 0.349. The van der Waals surface area contributed by atoms with Crippen LogP contribution < -0.4 is 4.72 Å². The van der Waals surface area contributed by atoms with Gasteiger partial charge in [-0.15, -0.1) is 11.3 Å². The number of carbonyl (C=O) groups is 1. The molecule has 0 saturated carbocycles. The molecule has 0 aromatic carbocycles. The number of carboxylic acids is 1. The van der Waals surface area contributed by atoms with Gasteiger partial charge >= 0.3 is 5.97 Å². The van der Waals surface area contributed by atoms with Crippen LogP contribution in [0.1, 0.15) is 28.9 Å². The molecule has 1 atom stereocenters. The fraction of sp³-hybridized carbons (Fsp3) is 0.417. The number of thiophene rings is 1. The second-order valence-electron chi connectivity index (χ2n) is 4.42. The third-order valence-corrected chi connectivity index (χ3v) is 5.55. The van der Waals surface area contributed by atoms with Gasteiger partial charge in [-0.25, -0.2) is 17.9 Å². The van der Waals surface area contributed by atoms with Crippen molar-refractivity contribution in [1.82, 2.24) is 4.72 Å². The van der Waals surface area contributed by atoms with Crippen molar-refractivity contribution in [3.63, 3.8) is 0 Å². The van der Waals surface area contributed by atoms with Crippen molar-refractivity contribution in [2.24, 2.45) is 5.92 Å². The highest BCUT2D eigenvalue weighted by atomic mass is 32.2. The molecule has 1 unspecified atom stereocenters. The number of carboxylic acid groups (broad SMARTS) is 1. The number of aromatic carboxylic acids is 1. The van der Waals surface area contributed by atoms with Crippen LogP contribution in [0.2, 0.25) is 0 Å². The number of rotatable bonds is 5. The molecule has 0 saturated heterocycles. The zero-order valence-corrected chi connectivity index (χ0v) is 11.8. The molecule has 1 aromatic heterocycles. The second kappa shape index (κ2) is 5.85. The molecule has 2 rings (SSSR count). The van der Waals surface area contributed by atoms with Crippen molar-refractivity contribution in [3.8, 4) is 0 Å². The van der Waals surface area contributed by atoms with E-state index in [0.29, 0.717) is 6.54 Å². The Bertz CT molecular complexity index is 589. The van der Waals surface area contributed by atoms with Gasteiger partial charge in [-0.05, 0) is 36.6 Å². The van der Waals surface area contributed by atoms with Crippen LogP contribution in [0.15, 0.2) is 28.5 Å². The van der Waals surface area contributed by atoms with Gasteiger partial charge in [0.15, 0.2) is 0 Å². The quantitative estimate of drug-likeness (QED) is 0.816. The van der Waals surface area contributed by atoms with Gasteiger partial charge in [0.2, 0.25) is 10.0 Å². The van der Waals surface area contributed by atoms with Crippen molar-refractivity contribution in [3.05, 3.63) is 28.5 Å². The van der Waals surface area contributed by atoms with Crippen LogP contribution in [-0.2, 0) is 10.0 Å². The molecule has 0 amide bonds. The topological polar surface area (TPSA) is 83.5 Å². The van der Waals surface area contributed by atoms with Crippen molar-refractivity contribution in [1.29, 1.82) is 0 Å². The molecule has 5 nitrogen and oxygen atoms in total. The highest BCUT2D eigenvalue weighted by Crippen LogP contribution is 2.23. The number of sulfonamides is 1. The molecule has 1 aromatic rings. The molecular weight excluding hydrogens is 286 g/mol. The predicted molar refractivity (Wildman–Crippen MR) is 72.9 cm³/mol. The maximum atomic E-state index is 12.1. The maximum absolute atomic E-state index is 12.1. The number of hydrogen-bond acceptors (Lipinski definition) is 4. The molecule has 7 heteroatoms. The minimum absolute atomic E-state index is 0.142. The SMILES string of the molecule is O=C(O)c1sccc1S(=O)(=O)NCC1CC=CCC1. The zero-order chi connectivity index (χ0) is 13.9. The van der Waals surface area contributed by atoms with Gasteiger partial charge in [0.25, 0.3) is 0 Å². The minimum Gasteiger partial charge on any atom is -0.477 e. The van der Waals surface area contributed by atoms with Gasteiger partial charge in [-0.1, -0.05) is 12.2 Å². The van der Waals surface area contributed by atoms with Gasteiger partial charge in [-0.3, -0.25) is 0 Å². The van der Waals surface area contributed by atoms with E-state index < -0.39 is 16.0 Å². The first-order valence-electron chi connectivity index (χ1n) is 5.96. The lowest BCUT2D eigenvalue weighted by atomic mass is 9.95. The molecule has 2 N–H and O–H groups in total. The number of allylic oxidation sites excluding steroid dienone is 2. The molecule has 1 heterocycles. The lowest BCUT2D eigenvalue weighted by molar-refractivity contribution is 0.0698. The van der Waals surface area contributed by atoms with E-state index in [4.69, 9.17) is 5.11 Å². The van der Waals surface area contributed by atoms with E-state index in [1.54, 1.807) is 0 Å². The average molecular weight is 301 g/mol. The number of nitrogens with one attached hydrogen (secondary N) is 1. The first-order chi connectivity index (χ1) is 9.00. The minimum atomic E-state index is -3.74. The normalized spacial score (nSPS) is 19.5. The third-order valence-electron chi connectivity index (χ3n) is 3.05. The zero-order valence-electron chi connectivity index (χ0n) is 10.2. The van der Waals surface area contributed by atoms with Crippen LogP contribution in [0.5, 0.6) is 0 Å². The lowest BCUT2D eigenvalue weighted by Crippen LogP contribution is -2.30. The van der Waals surface area contributed by atoms with Crippen molar-refractivity contribution < 1.29 is 18.3 Å². The second-order valence-corrected chi connectivity index (χ2v) is 7.07. The summed E-state index contributed by atoms with van der Waals surface area (Å²) in [5, 5.41) is 10.4. The van der Waals surface area contributed by atoms with Gasteiger partial charge in [0.05, 0.1) is 0 Å². The maximum Gasteiger partial charge on any atom is 0.347 e. The van der Waals surface area contributed by atoms with Crippen molar-refractivity contribution >= 4 is 27.3 Å². The Hall–Kier alpha value is -1.18. The van der Waals surface area contributed by atoms with Gasteiger partial charge in [-0.2, -0.15) is 0 Å². The first kappa shape index (κ1) is 14.2. The standard InChI is InChI=1S/C12H15NO4S2/c14-12(15)11-10(6-7-18-11)19(16,17)13-8-9-4-2-1-3-5-9/h1-2,6-7,9,13H,3-5,8H2,(H,14,15). The van der Waals surface area contributed by atoms with Crippen molar-refractivity contribution in [2.45, 2.75) is 24.2 Å². The summed E-state index contributed by atoms with van der Waals surface area (Å²) in [5.74, 6) is -0.928. The summed E-state index contributed by atoms with van der Waals surface area (Å²) in [4.78, 5) is 10.7. The fourth-order valence-corrected chi connectivity index (χ4v) is 4.39. The van der Waals surface area contributed by atoms with E-state index in [-0.39, 0.29) is 15.7 Å². The van der Waals surface area contributed by atoms with Crippen LogP contribution in [0, 0.1) is 5.92 Å². The van der Waals surface area contributed by atoms with Crippen LogP contribution in [0.25, 0.3) is 0 Å². The van der Waals surface area contributed by atoms with Crippen LogP contribution >= 0.6 is 11.3 Å². The van der Waals surface area contributed by atoms with Crippen LogP contribution in [0.4, 0.5) is 0 Å². The molecule has 0 fully saturated rings. The van der Waals surface area contributed by atoms with E-state index >= 15 is 0 Å². The molecule has 19 heavy (non-hydrogen) atoms. The predicted octanol–water partition coefficient (Wildman–Crippen LogP) is 2.08. The highest BCUT2D eigenvalue weighted by molar-refractivity contribution is 7.89. The smallest absolute Gasteiger partial charge is 0.347 e. The Morgan fingerprint density at radius 1 is 1.47 bits per heavy atom. The molecule has 0 bridgehead atoms. The summed E-state index contributed by atoms with van der Waals surface area (Å²) in [6, 6.07) is 1.33. The molecule has 1 aliphatic carbocycles. The van der Waals surface area contributed by atoms with Crippen LogP contribution in [-0.4, -0.2) is 26.0 Å². The summed E-state index contributed by atoms with van der Waals surface area (Å²) >= 11 is 0.916. The lowest BCUT2D eigenvalue weighted by Gasteiger charge is -2.18. The molecule has 0 spiro atoms. The van der Waals surface area contributed by atoms with E-state index in [1.807, 2.05) is 0 Å². The molecule has 0 aliphatic heterocycles. The van der Waals surface area contributed by atoms with E-state index in [9.17, 15) is 13.2 Å². The molecule has 1 aliphatic rings. The Kier molecular flexibility index (Phi) is 4.38. The molecular formula is C12H15NO4S2. The summed E-state index contributed by atoms with van der Waals surface area (Å²) in [5.41, 5.74) is 0. The number of hydrogen-bond donors (Lipinski definition) is 2. The summed E-state index contributed by atoms with van der Waals surface area (Å²) < 4.78 is 26.7. The van der Waals surface area contributed by atoms with E-state index in [2.05, 4.69) is 16.9 Å². The average Bonchev–Trinajstić information content (AvgIpc) is 2.88. The van der Waals surface area contributed by atoms with E-state index in [0.717, 1.165) is 30.6 Å². The Morgan fingerprint density at radius 3 is 2.89 bits per heavy atom. The van der Waals surface area contributed by atoms with Crippen LogP contribution in [0.3, 0.4) is 0 Å². The largest absolute Gasteiger partial charge is 0.477 e. The van der Waals surface area contributed by atoms with Gasteiger partial charge in [0.1, 0.15) is 9.77 Å². The van der Waals surface area contributed by atoms with E-state index in [1.165, 1.54) is 11.4 Å². The molecule has 104 valence electrons. The summed E-state index contributed by atoms with van der Waals surface area (Å²) in [7, 11) is -3.74. The Labute approximate surface area is 116 Å². The monoisotopic (exact) mass is 301 g/mol. The fourth-order valence-electron chi connectivity index (χ4n) is 2.01. The molecule has 0 radical (unpaired) electrons. The Balaban J connectivity index is 2.07. The highest BCUT2D eigenvalue weighted by Gasteiger charge is 2.24. The van der Waals surface area contributed by atoms with Gasteiger partial charge < -0.3 is 5.11 Å². The summed E-state index contributed by atoms with van der Waals surface area (Å²) in [6.07, 6.45) is 6.92. The Morgan fingerprint density at radius 2 is 2.26 bits per heavy atom. The van der Waals surface area contributed by atoms with Gasteiger partial charge in [0, 0.05) is 6.54 Å². The first-order valence-corrected chi connectivity index (χ1v) is 8.32.